The second kappa shape index (κ2) is 6.22. The molecule has 5 heteroatoms. The molecule has 1 unspecified atom stereocenters. The number of benzene rings is 1. The minimum atomic E-state index is -0.0699. The van der Waals surface area contributed by atoms with Crippen molar-refractivity contribution in [3.8, 4) is 17.0 Å². The second-order valence-corrected chi connectivity index (χ2v) is 5.65. The van der Waals surface area contributed by atoms with E-state index in [1.165, 1.54) is 6.42 Å². The molecule has 1 aliphatic heterocycles. The van der Waals surface area contributed by atoms with Gasteiger partial charge in [-0.25, -0.2) is 0 Å². The van der Waals surface area contributed by atoms with E-state index < -0.39 is 0 Å². The molecule has 0 radical (unpaired) electrons. The summed E-state index contributed by atoms with van der Waals surface area (Å²) in [6, 6.07) is 9.49. The highest BCUT2D eigenvalue weighted by atomic mass is 16.5. The second-order valence-electron chi connectivity index (χ2n) is 5.65. The number of hydrogen-bond donors (Lipinski definition) is 0. The van der Waals surface area contributed by atoms with Gasteiger partial charge in [0.05, 0.1) is 7.11 Å². The highest BCUT2D eigenvalue weighted by Gasteiger charge is 2.27. The molecule has 22 heavy (non-hydrogen) atoms. The Morgan fingerprint density at radius 1 is 1.32 bits per heavy atom. The first-order valence-corrected chi connectivity index (χ1v) is 7.61. The van der Waals surface area contributed by atoms with Crippen LogP contribution in [0.1, 0.15) is 36.7 Å². The van der Waals surface area contributed by atoms with E-state index in [0.29, 0.717) is 11.5 Å². The minimum Gasteiger partial charge on any atom is -0.497 e. The van der Waals surface area contributed by atoms with Crippen LogP contribution in [0.5, 0.6) is 5.75 Å². The average Bonchev–Trinajstić information content (AvgIpc) is 3.05. The van der Waals surface area contributed by atoms with Gasteiger partial charge in [-0.05, 0) is 50.5 Å². The van der Waals surface area contributed by atoms with Gasteiger partial charge in [-0.1, -0.05) is 5.16 Å². The summed E-state index contributed by atoms with van der Waals surface area (Å²) in [4.78, 5) is 14.4. The Kier molecular flexibility index (Phi) is 4.13. The van der Waals surface area contributed by atoms with E-state index in [-0.39, 0.29) is 11.9 Å². The van der Waals surface area contributed by atoms with Gasteiger partial charge in [-0.2, -0.15) is 0 Å². The lowest BCUT2D eigenvalue weighted by Crippen LogP contribution is -2.41. The molecule has 1 aromatic carbocycles. The molecule has 1 saturated heterocycles. The van der Waals surface area contributed by atoms with Crippen LogP contribution in [0.2, 0.25) is 0 Å². The molecule has 1 fully saturated rings. The van der Waals surface area contributed by atoms with E-state index in [1.807, 2.05) is 29.2 Å². The van der Waals surface area contributed by atoms with Crippen LogP contribution in [0.15, 0.2) is 34.9 Å². The first-order valence-electron chi connectivity index (χ1n) is 7.61. The third-order valence-corrected chi connectivity index (χ3v) is 4.17. The molecule has 1 atom stereocenters. The van der Waals surface area contributed by atoms with Crippen LogP contribution in [0.3, 0.4) is 0 Å². The smallest absolute Gasteiger partial charge is 0.292 e. The molecular weight excluding hydrogens is 280 g/mol. The number of amides is 1. The number of hydrogen-bond acceptors (Lipinski definition) is 4. The Bertz CT molecular complexity index is 648. The van der Waals surface area contributed by atoms with E-state index in [9.17, 15) is 4.79 Å². The SMILES string of the molecule is COc1ccc(-c2cc(C(=O)N3CCCCC3C)on2)cc1. The number of carbonyl (C=O) groups excluding carboxylic acids is 1. The quantitative estimate of drug-likeness (QED) is 0.872. The molecule has 5 nitrogen and oxygen atoms in total. The number of piperidine rings is 1. The highest BCUT2D eigenvalue weighted by Crippen LogP contribution is 2.24. The van der Waals surface area contributed by atoms with E-state index in [0.717, 1.165) is 30.7 Å². The Balaban J connectivity index is 1.79. The minimum absolute atomic E-state index is 0.0699. The molecule has 0 bridgehead atoms. The van der Waals surface area contributed by atoms with E-state index >= 15 is 0 Å². The number of methoxy groups -OCH3 is 1. The van der Waals surface area contributed by atoms with Gasteiger partial charge in [0.1, 0.15) is 11.4 Å². The Morgan fingerprint density at radius 2 is 2.09 bits per heavy atom. The zero-order chi connectivity index (χ0) is 15.5. The van der Waals surface area contributed by atoms with Crippen molar-refractivity contribution in [3.63, 3.8) is 0 Å². The summed E-state index contributed by atoms with van der Waals surface area (Å²) in [7, 11) is 1.63. The van der Waals surface area contributed by atoms with Crippen molar-refractivity contribution < 1.29 is 14.1 Å². The summed E-state index contributed by atoms with van der Waals surface area (Å²) in [5.74, 6) is 1.02. The van der Waals surface area contributed by atoms with Crippen molar-refractivity contribution in [3.05, 3.63) is 36.1 Å². The van der Waals surface area contributed by atoms with Crippen LogP contribution in [-0.4, -0.2) is 35.7 Å². The summed E-state index contributed by atoms with van der Waals surface area (Å²) in [6.07, 6.45) is 3.28. The number of carbonyl (C=O) groups is 1. The van der Waals surface area contributed by atoms with Crippen molar-refractivity contribution in [2.75, 3.05) is 13.7 Å². The fourth-order valence-corrected chi connectivity index (χ4v) is 2.82. The topological polar surface area (TPSA) is 55.6 Å². The summed E-state index contributed by atoms with van der Waals surface area (Å²) in [6.45, 7) is 2.87. The normalized spacial score (nSPS) is 18.3. The van der Waals surface area contributed by atoms with E-state index in [2.05, 4.69) is 12.1 Å². The molecule has 1 aliphatic rings. The van der Waals surface area contributed by atoms with Crippen molar-refractivity contribution in [1.29, 1.82) is 0 Å². The lowest BCUT2D eigenvalue weighted by molar-refractivity contribution is 0.0593. The fraction of sp³-hybridized carbons (Fsp3) is 0.412. The van der Waals surface area contributed by atoms with Crippen molar-refractivity contribution in [2.24, 2.45) is 0 Å². The van der Waals surface area contributed by atoms with Gasteiger partial charge in [-0.3, -0.25) is 4.79 Å². The average molecular weight is 300 g/mol. The van der Waals surface area contributed by atoms with Gasteiger partial charge in [0.25, 0.3) is 5.91 Å². The summed E-state index contributed by atoms with van der Waals surface area (Å²) in [5.41, 5.74) is 1.56. The maximum atomic E-state index is 12.5. The summed E-state index contributed by atoms with van der Waals surface area (Å²) in [5, 5.41) is 4.02. The van der Waals surface area contributed by atoms with Crippen LogP contribution < -0.4 is 4.74 Å². The molecule has 0 aliphatic carbocycles. The van der Waals surface area contributed by atoms with Crippen LogP contribution >= 0.6 is 0 Å². The highest BCUT2D eigenvalue weighted by molar-refractivity contribution is 5.92. The lowest BCUT2D eigenvalue weighted by atomic mass is 10.0. The number of nitrogens with zero attached hydrogens (tertiary/aromatic N) is 2. The largest absolute Gasteiger partial charge is 0.497 e. The molecule has 116 valence electrons. The predicted octanol–water partition coefficient (Wildman–Crippen LogP) is 3.36. The van der Waals surface area contributed by atoms with Crippen molar-refractivity contribution in [2.45, 2.75) is 32.2 Å². The maximum absolute atomic E-state index is 12.5. The van der Waals surface area contributed by atoms with Crippen molar-refractivity contribution in [1.82, 2.24) is 10.1 Å². The number of rotatable bonds is 3. The van der Waals surface area contributed by atoms with Crippen LogP contribution in [0.25, 0.3) is 11.3 Å². The van der Waals surface area contributed by atoms with Gasteiger partial charge >= 0.3 is 0 Å². The third-order valence-electron chi connectivity index (χ3n) is 4.17. The van der Waals surface area contributed by atoms with E-state index in [4.69, 9.17) is 9.26 Å². The standard InChI is InChI=1S/C17H20N2O3/c1-12-5-3-4-10-19(12)17(20)16-11-15(18-22-16)13-6-8-14(21-2)9-7-13/h6-9,11-12H,3-5,10H2,1-2H3. The zero-order valence-corrected chi connectivity index (χ0v) is 12.9. The van der Waals surface area contributed by atoms with Gasteiger partial charge in [0.2, 0.25) is 5.76 Å². The molecule has 3 rings (SSSR count). The Hall–Kier alpha value is -2.30. The molecule has 1 amide bonds. The first-order chi connectivity index (χ1) is 10.7. The number of ether oxygens (including phenoxy) is 1. The maximum Gasteiger partial charge on any atom is 0.292 e. The fourth-order valence-electron chi connectivity index (χ4n) is 2.82. The molecular formula is C17H20N2O3. The molecule has 1 aromatic heterocycles. The van der Waals surface area contributed by atoms with Crippen LogP contribution in [0.4, 0.5) is 0 Å². The molecule has 2 aromatic rings. The third kappa shape index (κ3) is 2.84. The first kappa shape index (κ1) is 14.6. The molecule has 0 N–H and O–H groups in total. The summed E-state index contributed by atoms with van der Waals surface area (Å²) < 4.78 is 10.4. The van der Waals surface area contributed by atoms with Gasteiger partial charge in [0, 0.05) is 24.2 Å². The van der Waals surface area contributed by atoms with Crippen molar-refractivity contribution >= 4 is 5.91 Å². The zero-order valence-electron chi connectivity index (χ0n) is 12.9. The van der Waals surface area contributed by atoms with E-state index in [1.54, 1.807) is 13.2 Å². The number of likely N-dealkylation sites (tertiary alicyclic amines) is 1. The van der Waals surface area contributed by atoms with Gasteiger partial charge in [0.15, 0.2) is 0 Å². The molecule has 0 saturated carbocycles. The van der Waals surface area contributed by atoms with Gasteiger partial charge < -0.3 is 14.2 Å². The lowest BCUT2D eigenvalue weighted by Gasteiger charge is -2.32. The Morgan fingerprint density at radius 3 is 2.77 bits per heavy atom. The number of aromatic nitrogens is 1. The Labute approximate surface area is 129 Å². The van der Waals surface area contributed by atoms with Gasteiger partial charge in [-0.15, -0.1) is 0 Å². The molecule has 0 spiro atoms. The molecule has 2 heterocycles. The van der Waals surface area contributed by atoms with Crippen LogP contribution in [-0.2, 0) is 0 Å². The summed E-state index contributed by atoms with van der Waals surface area (Å²) >= 11 is 0. The van der Waals surface area contributed by atoms with Crippen LogP contribution in [0, 0.1) is 0 Å². The monoisotopic (exact) mass is 300 g/mol. The predicted molar refractivity (Wildman–Crippen MR) is 82.8 cm³/mol.